The standard InChI is InChI=1S/C17H16ClN3O3/c1-2-24-17(23)15(22)10-21-14-8-12(18)6-5-11(14)9-20-7-3-4-13(20)16(21)19/h3-8,19H,2,9-10H2,1H3/p+1. The molecule has 0 saturated heterocycles. The van der Waals surface area contributed by atoms with Gasteiger partial charge in [0.15, 0.2) is 6.54 Å². The van der Waals surface area contributed by atoms with Crippen molar-refractivity contribution < 1.29 is 18.9 Å². The van der Waals surface area contributed by atoms with Gasteiger partial charge in [0.05, 0.1) is 13.2 Å². The highest BCUT2D eigenvalue weighted by Crippen LogP contribution is 2.28. The molecule has 124 valence electrons. The maximum atomic E-state index is 12.2. The number of amidine groups is 1. The van der Waals surface area contributed by atoms with Gasteiger partial charge < -0.3 is 9.30 Å². The number of rotatable bonds is 4. The summed E-state index contributed by atoms with van der Waals surface area (Å²) in [6, 6.07) is 9.17. The number of ether oxygens (including phenoxy) is 1. The summed E-state index contributed by atoms with van der Waals surface area (Å²) in [4.78, 5) is 23.9. The molecular weight excluding hydrogens is 330 g/mol. The van der Waals surface area contributed by atoms with Crippen LogP contribution in [0.3, 0.4) is 0 Å². The third kappa shape index (κ3) is 2.92. The Bertz CT molecular complexity index is 855. The first-order chi connectivity index (χ1) is 11.5. The number of benzene rings is 1. The number of nitrogens with zero attached hydrogens (tertiary/aromatic N) is 2. The number of Topliss-reactive ketones (excluding diaryl/α,β-unsaturated/α-hetero) is 1. The van der Waals surface area contributed by atoms with E-state index in [1.54, 1.807) is 23.6 Å². The predicted molar refractivity (Wildman–Crippen MR) is 89.7 cm³/mol. The highest BCUT2D eigenvalue weighted by molar-refractivity contribution is 6.34. The lowest BCUT2D eigenvalue weighted by Crippen LogP contribution is -2.34. The summed E-state index contributed by atoms with van der Waals surface area (Å²) in [5.74, 6) is -1.14. The lowest BCUT2D eigenvalue weighted by Gasteiger charge is -2.10. The van der Waals surface area contributed by atoms with E-state index in [0.717, 1.165) is 11.3 Å². The van der Waals surface area contributed by atoms with Crippen LogP contribution in [0.5, 0.6) is 0 Å². The average molecular weight is 347 g/mol. The van der Waals surface area contributed by atoms with Crippen molar-refractivity contribution in [3.05, 3.63) is 52.8 Å². The van der Waals surface area contributed by atoms with Gasteiger partial charge in [-0.25, -0.2) is 9.37 Å². The van der Waals surface area contributed by atoms with Crippen LogP contribution in [0, 0.1) is 0 Å². The van der Waals surface area contributed by atoms with Gasteiger partial charge in [-0.3, -0.25) is 10.5 Å². The van der Waals surface area contributed by atoms with Gasteiger partial charge in [-0.1, -0.05) is 17.7 Å². The van der Waals surface area contributed by atoms with Gasteiger partial charge in [0.1, 0.15) is 11.4 Å². The van der Waals surface area contributed by atoms with Crippen LogP contribution in [-0.2, 0) is 20.9 Å². The molecule has 24 heavy (non-hydrogen) atoms. The van der Waals surface area contributed by atoms with Crippen molar-refractivity contribution in [3.8, 4) is 0 Å². The smallest absolute Gasteiger partial charge is 0.378 e. The van der Waals surface area contributed by atoms with Gasteiger partial charge in [0.2, 0.25) is 0 Å². The zero-order valence-corrected chi connectivity index (χ0v) is 13.9. The molecule has 0 fully saturated rings. The van der Waals surface area contributed by atoms with Crippen molar-refractivity contribution in [2.75, 3.05) is 13.2 Å². The molecule has 0 unspecified atom stereocenters. The number of carbonyl (C=O) groups is 2. The fourth-order valence-electron chi connectivity index (χ4n) is 2.75. The Labute approximate surface area is 144 Å². The van der Waals surface area contributed by atoms with Crippen LogP contribution in [0.25, 0.3) is 0 Å². The number of halogens is 1. The second-order valence-electron chi connectivity index (χ2n) is 5.41. The number of carbonyl (C=O) groups excluding carboxylic acids is 2. The summed E-state index contributed by atoms with van der Waals surface area (Å²) in [6.45, 7) is 2.19. The van der Waals surface area contributed by atoms with Gasteiger partial charge in [0.25, 0.3) is 11.6 Å². The van der Waals surface area contributed by atoms with Gasteiger partial charge in [-0.2, -0.15) is 0 Å². The highest BCUT2D eigenvalue weighted by atomic mass is 35.5. The second kappa shape index (κ2) is 6.49. The van der Waals surface area contributed by atoms with E-state index in [4.69, 9.17) is 22.1 Å². The first-order valence-electron chi connectivity index (χ1n) is 7.55. The van der Waals surface area contributed by atoms with Crippen LogP contribution >= 0.6 is 11.6 Å². The molecule has 0 amide bonds. The minimum atomic E-state index is -0.867. The Hall–Kier alpha value is -2.60. The molecule has 0 spiro atoms. The van der Waals surface area contributed by atoms with Crippen molar-refractivity contribution in [2.45, 2.75) is 13.5 Å². The normalized spacial score (nSPS) is 13.1. The summed E-state index contributed by atoms with van der Waals surface area (Å²) in [6.07, 6.45) is 1.91. The molecule has 2 N–H and O–H groups in total. The van der Waals surface area contributed by atoms with E-state index >= 15 is 0 Å². The molecule has 3 rings (SSSR count). The lowest BCUT2D eigenvalue weighted by molar-refractivity contribution is -0.428. The molecule has 2 aromatic rings. The fourth-order valence-corrected chi connectivity index (χ4v) is 2.91. The molecule has 2 heterocycles. The van der Waals surface area contributed by atoms with Crippen molar-refractivity contribution >= 4 is 34.9 Å². The Morgan fingerprint density at radius 2 is 2.17 bits per heavy atom. The summed E-state index contributed by atoms with van der Waals surface area (Å²) >= 11 is 6.12. The summed E-state index contributed by atoms with van der Waals surface area (Å²) < 4.78 is 8.37. The maximum Gasteiger partial charge on any atom is 0.378 e. The van der Waals surface area contributed by atoms with Crippen LogP contribution in [0.2, 0.25) is 5.02 Å². The minimum Gasteiger partial charge on any atom is -0.460 e. The largest absolute Gasteiger partial charge is 0.460 e. The summed E-state index contributed by atoms with van der Waals surface area (Å²) in [7, 11) is 0. The fraction of sp³-hybridized carbons (Fsp3) is 0.235. The van der Waals surface area contributed by atoms with E-state index in [9.17, 15) is 9.59 Å². The van der Waals surface area contributed by atoms with Gasteiger partial charge in [0, 0.05) is 22.8 Å². The topological polar surface area (TPSA) is 77.3 Å². The Kier molecular flexibility index (Phi) is 4.40. The monoisotopic (exact) mass is 346 g/mol. The van der Waals surface area contributed by atoms with E-state index < -0.39 is 11.8 Å². The van der Waals surface area contributed by atoms with Crippen LogP contribution in [-0.4, -0.2) is 39.9 Å². The third-order valence-corrected chi connectivity index (χ3v) is 4.10. The maximum absolute atomic E-state index is 12.2. The number of hydrogen-bond acceptors (Lipinski definition) is 4. The number of fused-ring (bicyclic) bond motifs is 2. The highest BCUT2D eigenvalue weighted by Gasteiger charge is 2.28. The molecule has 1 aliphatic heterocycles. The van der Waals surface area contributed by atoms with Crippen LogP contribution in [0.1, 0.15) is 18.2 Å². The molecular formula is C17H17ClN3O3+. The first-order valence-corrected chi connectivity index (χ1v) is 7.93. The van der Waals surface area contributed by atoms with E-state index in [-0.39, 0.29) is 13.2 Å². The molecule has 1 aromatic carbocycles. The molecule has 6 nitrogen and oxygen atoms in total. The molecule has 1 aliphatic rings. The van der Waals surface area contributed by atoms with Crippen LogP contribution in [0.15, 0.2) is 36.5 Å². The predicted octanol–water partition coefficient (Wildman–Crippen LogP) is 1.68. The first kappa shape index (κ1) is 16.3. The number of aromatic nitrogens is 1. The molecule has 0 atom stereocenters. The zero-order chi connectivity index (χ0) is 17.3. The van der Waals surface area contributed by atoms with Crippen LogP contribution < -0.4 is 5.73 Å². The molecule has 0 saturated carbocycles. The Balaban J connectivity index is 2.10. The van der Waals surface area contributed by atoms with Crippen molar-refractivity contribution in [3.63, 3.8) is 0 Å². The van der Waals surface area contributed by atoms with Crippen LogP contribution in [0.4, 0.5) is 5.69 Å². The summed E-state index contributed by atoms with van der Waals surface area (Å²) in [5, 5.41) is 0.529. The SMILES string of the molecule is CCOC(=O)C(=O)C[N+]1=C(N)c2cccn2Cc2ccc(Cl)cc21. The van der Waals surface area contributed by atoms with E-state index in [1.807, 2.05) is 29.0 Å². The molecule has 1 aromatic heterocycles. The zero-order valence-electron chi connectivity index (χ0n) is 13.2. The van der Waals surface area contributed by atoms with Gasteiger partial charge >= 0.3 is 5.97 Å². The molecule has 0 radical (unpaired) electrons. The molecule has 0 aliphatic carbocycles. The summed E-state index contributed by atoms with van der Waals surface area (Å²) in [5.41, 5.74) is 8.74. The second-order valence-corrected chi connectivity index (χ2v) is 5.85. The lowest BCUT2D eigenvalue weighted by atomic mass is 10.1. The van der Waals surface area contributed by atoms with Crippen molar-refractivity contribution in [1.29, 1.82) is 0 Å². The molecule has 7 heteroatoms. The Morgan fingerprint density at radius 3 is 2.92 bits per heavy atom. The van der Waals surface area contributed by atoms with Crippen molar-refractivity contribution in [1.82, 2.24) is 4.57 Å². The Morgan fingerprint density at radius 1 is 1.38 bits per heavy atom. The van der Waals surface area contributed by atoms with Gasteiger partial charge in [-0.15, -0.1) is 0 Å². The third-order valence-electron chi connectivity index (χ3n) is 3.87. The van der Waals surface area contributed by atoms with E-state index in [1.165, 1.54) is 0 Å². The average Bonchev–Trinajstić information content (AvgIpc) is 2.98. The van der Waals surface area contributed by atoms with E-state index in [0.29, 0.717) is 23.1 Å². The minimum absolute atomic E-state index is 0.148. The van der Waals surface area contributed by atoms with E-state index in [2.05, 4.69) is 0 Å². The number of ketones is 1. The number of nitrogens with two attached hydrogens (primary N) is 1. The quantitative estimate of drug-likeness (QED) is 0.519. The number of hydrogen-bond donors (Lipinski definition) is 1. The van der Waals surface area contributed by atoms with Crippen molar-refractivity contribution in [2.24, 2.45) is 5.73 Å². The van der Waals surface area contributed by atoms with Gasteiger partial charge in [-0.05, 0) is 25.1 Å². The number of esters is 1. The molecule has 0 bridgehead atoms.